The Balaban J connectivity index is 1.63. The van der Waals surface area contributed by atoms with Crippen molar-refractivity contribution in [3.63, 3.8) is 0 Å². The minimum absolute atomic E-state index is 0.690. The Morgan fingerprint density at radius 1 is 1.04 bits per heavy atom. The van der Waals surface area contributed by atoms with Crippen LogP contribution in [-0.4, -0.2) is 17.5 Å². The highest BCUT2D eigenvalue weighted by molar-refractivity contribution is 5.57. The van der Waals surface area contributed by atoms with Crippen molar-refractivity contribution in [2.24, 2.45) is 17.8 Å². The Morgan fingerprint density at radius 2 is 2.00 bits per heavy atom. The molecule has 5 unspecified atom stereocenters. The number of rotatable bonds is 0. The molecule has 4 aliphatic rings. The van der Waals surface area contributed by atoms with Crippen LogP contribution < -0.4 is 0 Å². The van der Waals surface area contributed by atoms with Gasteiger partial charge in [-0.1, -0.05) is 55.0 Å². The predicted molar refractivity (Wildman–Crippen MR) is 95.9 cm³/mol. The smallest absolute Gasteiger partial charge is 0.0350 e. The molecular weight excluding hydrogens is 278 g/mol. The van der Waals surface area contributed by atoms with Crippen molar-refractivity contribution in [1.29, 1.82) is 0 Å². The third-order valence-corrected chi connectivity index (χ3v) is 6.68. The summed E-state index contributed by atoms with van der Waals surface area (Å²) in [6.45, 7) is 1.19. The minimum Gasteiger partial charge on any atom is -0.373 e. The van der Waals surface area contributed by atoms with Gasteiger partial charge in [-0.05, 0) is 60.4 Å². The molecule has 2 heterocycles. The Kier molecular flexibility index (Phi) is 3.21. The summed E-state index contributed by atoms with van der Waals surface area (Å²) in [5, 5.41) is 0. The van der Waals surface area contributed by atoms with Crippen molar-refractivity contribution in [2.75, 3.05) is 6.54 Å². The molecule has 0 aromatic heterocycles. The highest BCUT2D eigenvalue weighted by Crippen LogP contribution is 2.52. The number of piperidine rings is 1. The summed E-state index contributed by atoms with van der Waals surface area (Å²) in [7, 11) is 0. The van der Waals surface area contributed by atoms with E-state index in [1.807, 2.05) is 0 Å². The van der Waals surface area contributed by atoms with Crippen LogP contribution >= 0.6 is 0 Å². The van der Waals surface area contributed by atoms with Gasteiger partial charge in [0, 0.05) is 18.5 Å². The maximum atomic E-state index is 2.66. The lowest BCUT2D eigenvalue weighted by atomic mass is 9.60. The molecule has 0 amide bonds. The molecule has 23 heavy (non-hydrogen) atoms. The minimum atomic E-state index is 0.690. The summed E-state index contributed by atoms with van der Waals surface area (Å²) in [6, 6.07) is 9.84. The number of hydrogen-bond acceptors (Lipinski definition) is 1. The first-order chi connectivity index (χ1) is 11.4. The van der Waals surface area contributed by atoms with E-state index >= 15 is 0 Å². The summed E-state index contributed by atoms with van der Waals surface area (Å²) in [4.78, 5) is 2.66. The van der Waals surface area contributed by atoms with Gasteiger partial charge in [-0.2, -0.15) is 0 Å². The lowest BCUT2D eigenvalue weighted by Gasteiger charge is -2.53. The maximum absolute atomic E-state index is 2.66. The van der Waals surface area contributed by atoms with Crippen LogP contribution in [0, 0.1) is 17.8 Å². The van der Waals surface area contributed by atoms with E-state index in [2.05, 4.69) is 65.7 Å². The standard InChI is InChI=1S/C22H25N/c1-2-11-21-19-10-6-8-17-13-12-16-7-3-4-9-18(16)20(22(17)19)15-23(21)14-5-1/h1-5,7,9,12-14,17,19-22H,6,8,10-11,15H2. The third-order valence-electron chi connectivity index (χ3n) is 6.68. The van der Waals surface area contributed by atoms with Gasteiger partial charge < -0.3 is 4.90 Å². The van der Waals surface area contributed by atoms with E-state index in [1.54, 1.807) is 5.56 Å². The second-order valence-corrected chi connectivity index (χ2v) is 7.70. The first-order valence-electron chi connectivity index (χ1n) is 9.28. The van der Waals surface area contributed by atoms with Crippen LogP contribution in [-0.2, 0) is 0 Å². The molecule has 2 aliphatic heterocycles. The average Bonchev–Trinajstić information content (AvgIpc) is 2.92. The fourth-order valence-corrected chi connectivity index (χ4v) is 5.76. The molecule has 2 fully saturated rings. The van der Waals surface area contributed by atoms with Crippen molar-refractivity contribution in [3.05, 3.63) is 65.9 Å². The molecule has 5 rings (SSSR count). The second kappa shape index (κ2) is 5.40. The van der Waals surface area contributed by atoms with E-state index in [4.69, 9.17) is 0 Å². The van der Waals surface area contributed by atoms with E-state index in [0.29, 0.717) is 12.0 Å². The Bertz CT molecular complexity index is 683. The molecule has 0 spiro atoms. The largest absolute Gasteiger partial charge is 0.373 e. The lowest BCUT2D eigenvalue weighted by molar-refractivity contribution is 0.0165. The van der Waals surface area contributed by atoms with E-state index in [9.17, 15) is 0 Å². The predicted octanol–water partition coefficient (Wildman–Crippen LogP) is 4.99. The monoisotopic (exact) mass is 303 g/mol. The number of allylic oxidation sites excluding steroid dienone is 3. The van der Waals surface area contributed by atoms with Crippen molar-refractivity contribution >= 4 is 6.08 Å². The van der Waals surface area contributed by atoms with Crippen molar-refractivity contribution in [2.45, 2.75) is 37.6 Å². The first-order valence-corrected chi connectivity index (χ1v) is 9.28. The molecule has 1 aromatic carbocycles. The molecule has 1 heteroatoms. The van der Waals surface area contributed by atoms with Crippen LogP contribution in [0.25, 0.3) is 6.08 Å². The van der Waals surface area contributed by atoms with Crippen LogP contribution in [0.1, 0.15) is 42.7 Å². The number of benzene rings is 1. The van der Waals surface area contributed by atoms with Crippen molar-refractivity contribution < 1.29 is 0 Å². The van der Waals surface area contributed by atoms with Gasteiger partial charge in [0.2, 0.25) is 0 Å². The molecule has 1 aromatic rings. The molecular formula is C22H25N. The van der Waals surface area contributed by atoms with Crippen LogP contribution in [0.5, 0.6) is 0 Å². The molecule has 1 saturated carbocycles. The van der Waals surface area contributed by atoms with Crippen LogP contribution in [0.3, 0.4) is 0 Å². The normalized spacial score (nSPS) is 37.4. The summed E-state index contributed by atoms with van der Waals surface area (Å²) in [5.74, 6) is 3.15. The van der Waals surface area contributed by atoms with E-state index in [1.165, 1.54) is 37.8 Å². The van der Waals surface area contributed by atoms with Crippen LogP contribution in [0.4, 0.5) is 0 Å². The molecule has 1 nitrogen and oxygen atoms in total. The Hall–Kier alpha value is -1.76. The zero-order valence-corrected chi connectivity index (χ0v) is 13.6. The number of hydrogen-bond donors (Lipinski definition) is 0. The summed E-state index contributed by atoms with van der Waals surface area (Å²) in [6.07, 6.45) is 19.6. The third kappa shape index (κ3) is 2.13. The molecule has 118 valence electrons. The number of nitrogens with zero attached hydrogens (tertiary/aromatic N) is 1. The van der Waals surface area contributed by atoms with E-state index < -0.39 is 0 Å². The first kappa shape index (κ1) is 13.7. The fourth-order valence-electron chi connectivity index (χ4n) is 5.76. The SMILES string of the molecule is C1=CCC2C3CCCC4C=Cc5ccccc5C(CN2C=C1)C43. The highest BCUT2D eigenvalue weighted by Gasteiger charge is 2.47. The van der Waals surface area contributed by atoms with Crippen molar-refractivity contribution in [1.82, 2.24) is 4.90 Å². The fraction of sp³-hybridized carbons (Fsp3) is 0.455. The topological polar surface area (TPSA) is 3.24 Å². The van der Waals surface area contributed by atoms with Gasteiger partial charge in [0.15, 0.2) is 0 Å². The molecule has 0 bridgehead atoms. The highest BCUT2D eigenvalue weighted by atomic mass is 15.2. The van der Waals surface area contributed by atoms with Gasteiger partial charge in [-0.25, -0.2) is 0 Å². The Labute approximate surface area is 139 Å². The molecule has 0 radical (unpaired) electrons. The zero-order chi connectivity index (χ0) is 15.2. The van der Waals surface area contributed by atoms with Gasteiger partial charge in [0.25, 0.3) is 0 Å². The van der Waals surface area contributed by atoms with Gasteiger partial charge in [-0.3, -0.25) is 0 Å². The van der Waals surface area contributed by atoms with Crippen molar-refractivity contribution in [3.8, 4) is 0 Å². The lowest BCUT2D eigenvalue weighted by Crippen LogP contribution is -2.52. The van der Waals surface area contributed by atoms with Crippen LogP contribution in [0.2, 0.25) is 0 Å². The average molecular weight is 303 g/mol. The van der Waals surface area contributed by atoms with Gasteiger partial charge in [0.1, 0.15) is 0 Å². The maximum Gasteiger partial charge on any atom is 0.0350 e. The van der Waals surface area contributed by atoms with Gasteiger partial charge in [-0.15, -0.1) is 0 Å². The molecule has 0 N–H and O–H groups in total. The van der Waals surface area contributed by atoms with E-state index in [-0.39, 0.29) is 0 Å². The van der Waals surface area contributed by atoms with Gasteiger partial charge in [0.05, 0.1) is 0 Å². The summed E-state index contributed by atoms with van der Waals surface area (Å²) in [5.41, 5.74) is 3.05. The van der Waals surface area contributed by atoms with Crippen LogP contribution in [0.15, 0.2) is 54.8 Å². The quantitative estimate of drug-likeness (QED) is 0.653. The number of fused-ring (bicyclic) bond motifs is 4. The summed E-state index contributed by atoms with van der Waals surface area (Å²) < 4.78 is 0. The molecule has 1 saturated heterocycles. The molecule has 5 atom stereocenters. The van der Waals surface area contributed by atoms with E-state index in [0.717, 1.165) is 17.8 Å². The second-order valence-electron chi connectivity index (χ2n) is 7.70. The Morgan fingerprint density at radius 3 is 3.00 bits per heavy atom. The zero-order valence-electron chi connectivity index (χ0n) is 13.6. The molecule has 2 aliphatic carbocycles. The van der Waals surface area contributed by atoms with Gasteiger partial charge >= 0.3 is 0 Å². The summed E-state index contributed by atoms with van der Waals surface area (Å²) >= 11 is 0.